The van der Waals surface area contributed by atoms with Crippen molar-refractivity contribution in [3.05, 3.63) is 157 Å². The molecule has 6 aromatic rings. The first-order valence-electron chi connectivity index (χ1n) is 12.9. The molecule has 0 amide bonds. The van der Waals surface area contributed by atoms with Crippen molar-refractivity contribution in [3.8, 4) is 5.75 Å². The van der Waals surface area contributed by atoms with Crippen LogP contribution in [0.5, 0.6) is 5.75 Å². The standard InChI is InChI=1S/C35H27BNO.Na/c38-35-25-20-27-12-10-11-19-33(27)34(35)26-37-32-23-21-31(22-24-32)36(28-13-4-1-5-14-28,29-15-6-2-7-16-29)30-17-8-3-9-18-30;/h1-26,38H;/q-1;+1/b37-26+;. The molecule has 0 aliphatic heterocycles. The molecule has 0 aliphatic carbocycles. The van der Waals surface area contributed by atoms with E-state index >= 15 is 0 Å². The monoisotopic (exact) mass is 511 g/mol. The second kappa shape index (κ2) is 11.9. The summed E-state index contributed by atoms with van der Waals surface area (Å²) in [6.45, 7) is 0. The molecule has 0 saturated heterocycles. The number of aromatic hydroxyl groups is 1. The molecule has 2 nitrogen and oxygen atoms in total. The maximum absolute atomic E-state index is 10.5. The van der Waals surface area contributed by atoms with Crippen molar-refractivity contribution in [2.24, 2.45) is 4.99 Å². The number of fused-ring (bicyclic) bond motifs is 1. The third-order valence-corrected chi connectivity index (χ3v) is 7.58. The van der Waals surface area contributed by atoms with Crippen molar-refractivity contribution in [3.63, 3.8) is 0 Å². The smallest absolute Gasteiger partial charge is 0.507 e. The van der Waals surface area contributed by atoms with E-state index in [9.17, 15) is 5.11 Å². The number of hydrogen-bond acceptors (Lipinski definition) is 2. The van der Waals surface area contributed by atoms with E-state index in [1.165, 1.54) is 21.9 Å². The summed E-state index contributed by atoms with van der Waals surface area (Å²) in [5, 5.41) is 12.6. The molecule has 0 aromatic heterocycles. The van der Waals surface area contributed by atoms with Crippen LogP contribution in [0.25, 0.3) is 10.8 Å². The van der Waals surface area contributed by atoms with Crippen molar-refractivity contribution in [2.45, 2.75) is 0 Å². The van der Waals surface area contributed by atoms with Gasteiger partial charge in [-0.3, -0.25) is 4.99 Å². The van der Waals surface area contributed by atoms with Crippen molar-refractivity contribution >= 4 is 50.7 Å². The van der Waals surface area contributed by atoms with Gasteiger partial charge in [-0.1, -0.05) is 133 Å². The number of aliphatic imine (C=N–C) groups is 1. The van der Waals surface area contributed by atoms with Crippen LogP contribution >= 0.6 is 0 Å². The first-order chi connectivity index (χ1) is 18.8. The number of nitrogens with zero attached hydrogens (tertiary/aromatic N) is 1. The van der Waals surface area contributed by atoms with Gasteiger partial charge in [-0.05, 0) is 29.0 Å². The molecule has 1 N–H and O–H groups in total. The van der Waals surface area contributed by atoms with Gasteiger partial charge in [0.05, 0.1) is 5.69 Å². The van der Waals surface area contributed by atoms with Gasteiger partial charge in [0.15, 0.2) is 0 Å². The molecule has 0 unspecified atom stereocenters. The molecule has 6 aromatic carbocycles. The van der Waals surface area contributed by atoms with Gasteiger partial charge in [0.2, 0.25) is 0 Å². The van der Waals surface area contributed by atoms with E-state index < -0.39 is 6.15 Å². The number of phenols is 1. The van der Waals surface area contributed by atoms with E-state index in [1.807, 2.05) is 30.3 Å². The van der Waals surface area contributed by atoms with Gasteiger partial charge in [-0.15, -0.1) is 0 Å². The Kier molecular flexibility index (Phi) is 8.14. The summed E-state index contributed by atoms with van der Waals surface area (Å²) in [4.78, 5) is 4.75. The van der Waals surface area contributed by atoms with Gasteiger partial charge in [0.1, 0.15) is 11.9 Å². The normalized spacial score (nSPS) is 11.4. The average Bonchev–Trinajstić information content (AvgIpc) is 2.99. The average molecular weight is 511 g/mol. The van der Waals surface area contributed by atoms with Gasteiger partial charge in [-0.2, -0.15) is 21.9 Å². The van der Waals surface area contributed by atoms with Crippen molar-refractivity contribution in [2.75, 3.05) is 0 Å². The maximum atomic E-state index is 10.5. The van der Waals surface area contributed by atoms with Gasteiger partial charge >= 0.3 is 29.6 Å². The Labute approximate surface area is 251 Å². The van der Waals surface area contributed by atoms with Crippen LogP contribution in [-0.4, -0.2) is 17.5 Å². The van der Waals surface area contributed by atoms with Crippen molar-refractivity contribution < 1.29 is 34.7 Å². The summed E-state index contributed by atoms with van der Waals surface area (Å²) in [5.74, 6) is 0.226. The minimum Gasteiger partial charge on any atom is -0.507 e. The topological polar surface area (TPSA) is 32.6 Å². The predicted octanol–water partition coefficient (Wildman–Crippen LogP) is 2.68. The van der Waals surface area contributed by atoms with Gasteiger partial charge in [0, 0.05) is 11.8 Å². The summed E-state index contributed by atoms with van der Waals surface area (Å²) in [6.07, 6.45) is 0.347. The Bertz CT molecular complexity index is 1610. The summed E-state index contributed by atoms with van der Waals surface area (Å²) >= 11 is 0. The quantitative estimate of drug-likeness (QED) is 0.271. The number of hydrogen-bond donors (Lipinski definition) is 1. The Morgan fingerprint density at radius 1 is 0.487 bits per heavy atom. The SMILES string of the molecule is Oc1ccc2ccccc2c1/C=N/c1ccc([B-](c2ccccc2)(c2ccccc2)c2ccccc2)cc1.[Na+]. The molecule has 0 radical (unpaired) electrons. The molecule has 0 fully saturated rings. The van der Waals surface area contributed by atoms with Crippen LogP contribution in [0.1, 0.15) is 5.56 Å². The predicted molar refractivity (Wildman–Crippen MR) is 163 cm³/mol. The van der Waals surface area contributed by atoms with Crippen molar-refractivity contribution in [1.29, 1.82) is 0 Å². The number of phenolic OH excluding ortho intramolecular Hbond substituents is 1. The van der Waals surface area contributed by atoms with Crippen LogP contribution in [0.4, 0.5) is 5.69 Å². The molecule has 39 heavy (non-hydrogen) atoms. The molecule has 0 aliphatic rings. The molecule has 6 rings (SSSR count). The first-order valence-corrected chi connectivity index (χ1v) is 12.9. The van der Waals surface area contributed by atoms with Crippen LogP contribution in [0.3, 0.4) is 0 Å². The molecule has 0 atom stereocenters. The molecule has 182 valence electrons. The summed E-state index contributed by atoms with van der Waals surface area (Å²) < 4.78 is 0. The van der Waals surface area contributed by atoms with Crippen LogP contribution in [0.15, 0.2) is 157 Å². The van der Waals surface area contributed by atoms with Gasteiger partial charge in [0.25, 0.3) is 0 Å². The van der Waals surface area contributed by atoms with Crippen LogP contribution in [0.2, 0.25) is 0 Å². The van der Waals surface area contributed by atoms with E-state index in [4.69, 9.17) is 4.99 Å². The maximum Gasteiger partial charge on any atom is 1.00 e. The zero-order chi connectivity index (χ0) is 25.8. The van der Waals surface area contributed by atoms with Gasteiger partial charge < -0.3 is 5.11 Å². The molecule has 0 spiro atoms. The second-order valence-electron chi connectivity index (χ2n) is 9.67. The minimum absolute atomic E-state index is 0. The largest absolute Gasteiger partial charge is 1.00 e. The fourth-order valence-corrected chi connectivity index (χ4v) is 5.79. The Hall–Kier alpha value is -3.89. The Balaban J connectivity index is 0.00000308. The van der Waals surface area contributed by atoms with Gasteiger partial charge in [-0.25, -0.2) is 0 Å². The third-order valence-electron chi connectivity index (χ3n) is 7.58. The zero-order valence-electron chi connectivity index (χ0n) is 22.0. The minimum atomic E-state index is -1.41. The molecule has 4 heteroatoms. The third kappa shape index (κ3) is 5.09. The zero-order valence-corrected chi connectivity index (χ0v) is 24.0. The number of benzene rings is 6. The van der Waals surface area contributed by atoms with Crippen LogP contribution in [0, 0.1) is 0 Å². The van der Waals surface area contributed by atoms with E-state index in [-0.39, 0.29) is 35.3 Å². The fraction of sp³-hybridized carbons (Fsp3) is 0. The Morgan fingerprint density at radius 3 is 1.49 bits per heavy atom. The molecule has 0 saturated carbocycles. The summed E-state index contributed by atoms with van der Waals surface area (Å²) in [7, 11) is 0. The fourth-order valence-electron chi connectivity index (χ4n) is 5.79. The molecular formula is C35H27BNNaO. The van der Waals surface area contributed by atoms with E-state index in [2.05, 4.69) is 115 Å². The van der Waals surface area contributed by atoms with E-state index in [0.29, 0.717) is 0 Å². The van der Waals surface area contributed by atoms with E-state index in [1.54, 1.807) is 12.3 Å². The molecule has 0 heterocycles. The van der Waals surface area contributed by atoms with Crippen LogP contribution in [-0.2, 0) is 0 Å². The first kappa shape index (κ1) is 26.7. The Morgan fingerprint density at radius 2 is 0.949 bits per heavy atom. The molecular weight excluding hydrogens is 484 g/mol. The number of rotatable bonds is 6. The van der Waals surface area contributed by atoms with Crippen LogP contribution < -0.4 is 51.4 Å². The molecule has 0 bridgehead atoms. The summed E-state index contributed by atoms with van der Waals surface area (Å²) in [5.41, 5.74) is 6.58. The second-order valence-corrected chi connectivity index (χ2v) is 9.67. The van der Waals surface area contributed by atoms with Crippen molar-refractivity contribution in [1.82, 2.24) is 0 Å². The summed E-state index contributed by atoms with van der Waals surface area (Å²) in [6, 6.07) is 52.5. The van der Waals surface area contributed by atoms with E-state index in [0.717, 1.165) is 22.0 Å².